The molecule has 5 heteroatoms. The molecule has 5 nitrogen and oxygen atoms in total. The lowest BCUT2D eigenvalue weighted by Crippen LogP contribution is -2.36. The van der Waals surface area contributed by atoms with Gasteiger partial charge in [-0.15, -0.1) is 0 Å². The molecule has 1 N–H and O–H groups in total. The van der Waals surface area contributed by atoms with Crippen molar-refractivity contribution in [3.05, 3.63) is 156 Å². The Morgan fingerprint density at radius 3 is 2.08 bits per heavy atom. The fourth-order valence-corrected chi connectivity index (χ4v) is 8.85. The molecule has 240 valence electrons. The van der Waals surface area contributed by atoms with Gasteiger partial charge in [0, 0.05) is 58.7 Å². The lowest BCUT2D eigenvalue weighted by molar-refractivity contribution is -0.653. The van der Waals surface area contributed by atoms with Gasteiger partial charge in [-0.25, -0.2) is 9.55 Å². The maximum Gasteiger partial charge on any atom is 0.273 e. The van der Waals surface area contributed by atoms with Crippen molar-refractivity contribution in [3.63, 3.8) is 0 Å². The molecule has 50 heavy (non-hydrogen) atoms. The molecule has 1 aliphatic heterocycles. The van der Waals surface area contributed by atoms with E-state index in [-0.39, 0.29) is 5.92 Å². The Balaban J connectivity index is 1.24. The average molecular weight is 648 g/mol. The van der Waals surface area contributed by atoms with Crippen LogP contribution in [0.5, 0.6) is 0 Å². The van der Waals surface area contributed by atoms with Crippen LogP contribution in [-0.2, 0) is 21.1 Å². The highest BCUT2D eigenvalue weighted by Crippen LogP contribution is 2.46. The van der Waals surface area contributed by atoms with E-state index in [2.05, 4.69) is 191 Å². The number of rotatable bonds is 4. The Hall–Kier alpha value is -6.20. The molecule has 6 aromatic carbocycles. The highest BCUT2D eigenvalue weighted by molar-refractivity contribution is 6.17. The summed E-state index contributed by atoms with van der Waals surface area (Å²) < 4.78 is 9.48. The number of para-hydroxylation sites is 5. The van der Waals surface area contributed by atoms with Crippen LogP contribution in [0.3, 0.4) is 0 Å². The normalized spacial score (nSPS) is 14.5. The summed E-state index contributed by atoms with van der Waals surface area (Å²) in [6, 6.07) is 51.0. The fourth-order valence-electron chi connectivity index (χ4n) is 8.85. The van der Waals surface area contributed by atoms with Crippen molar-refractivity contribution in [1.82, 2.24) is 14.1 Å². The van der Waals surface area contributed by atoms with E-state index in [0.717, 1.165) is 5.52 Å². The molecular weight excluding hydrogens is 611 g/mol. The van der Waals surface area contributed by atoms with Crippen LogP contribution in [0.2, 0.25) is 0 Å². The van der Waals surface area contributed by atoms with Gasteiger partial charge in [0.05, 0.1) is 24.0 Å². The predicted octanol–water partition coefficient (Wildman–Crippen LogP) is 9.37. The molecule has 3 aromatic heterocycles. The number of nitrogens with zero attached hydrogens (tertiary/aromatic N) is 4. The number of aromatic amines is 1. The van der Waals surface area contributed by atoms with E-state index < -0.39 is 0 Å². The molecule has 4 heterocycles. The number of imidazole rings is 1. The van der Waals surface area contributed by atoms with Crippen LogP contribution in [0.25, 0.3) is 66.1 Å². The third-order valence-corrected chi connectivity index (χ3v) is 11.2. The van der Waals surface area contributed by atoms with Crippen molar-refractivity contribution in [2.24, 2.45) is 21.1 Å². The molecular formula is C45H37N5+2. The quantitative estimate of drug-likeness (QED) is 0.185. The second kappa shape index (κ2) is 10.6. The predicted molar refractivity (Wildman–Crippen MR) is 205 cm³/mol. The summed E-state index contributed by atoms with van der Waals surface area (Å²) in [5, 5.41) is 5.00. The van der Waals surface area contributed by atoms with E-state index in [4.69, 9.17) is 0 Å². The van der Waals surface area contributed by atoms with Gasteiger partial charge in [-0.2, -0.15) is 4.58 Å². The van der Waals surface area contributed by atoms with Crippen LogP contribution < -0.4 is 4.57 Å². The van der Waals surface area contributed by atoms with E-state index in [9.17, 15) is 0 Å². The molecule has 0 bridgehead atoms. The summed E-state index contributed by atoms with van der Waals surface area (Å²) in [4.78, 5) is 3.83. The molecule has 0 radical (unpaired) electrons. The average Bonchev–Trinajstić information content (AvgIpc) is 3.85. The number of benzene rings is 6. The lowest BCUT2D eigenvalue weighted by atomic mass is 9.87. The van der Waals surface area contributed by atoms with Crippen molar-refractivity contribution in [3.8, 4) is 22.5 Å². The number of hydrogen-bond donors (Lipinski definition) is 1. The Morgan fingerprint density at radius 2 is 1.26 bits per heavy atom. The van der Waals surface area contributed by atoms with E-state index in [1.54, 1.807) is 0 Å². The number of aryl methyl sites for hydroxylation is 3. The van der Waals surface area contributed by atoms with Gasteiger partial charge in [-0.3, -0.25) is 0 Å². The zero-order valence-electron chi connectivity index (χ0n) is 28.6. The molecule has 0 saturated heterocycles. The van der Waals surface area contributed by atoms with E-state index in [0.29, 0.717) is 0 Å². The summed E-state index contributed by atoms with van der Waals surface area (Å²) >= 11 is 0. The van der Waals surface area contributed by atoms with Crippen molar-refractivity contribution >= 4 is 55.0 Å². The van der Waals surface area contributed by atoms with Crippen molar-refractivity contribution in [2.45, 2.75) is 5.92 Å². The first-order chi connectivity index (χ1) is 24.5. The minimum Gasteiger partial charge on any atom is -0.344 e. The first-order valence-electron chi connectivity index (χ1n) is 17.3. The molecule has 0 saturated carbocycles. The second-order valence-electron chi connectivity index (χ2n) is 13.7. The summed E-state index contributed by atoms with van der Waals surface area (Å²) in [6.07, 6.45) is 0. The monoisotopic (exact) mass is 647 g/mol. The lowest BCUT2D eigenvalue weighted by Gasteiger charge is -2.15. The van der Waals surface area contributed by atoms with Gasteiger partial charge in [0.15, 0.2) is 17.0 Å². The molecule has 0 spiro atoms. The van der Waals surface area contributed by atoms with E-state index >= 15 is 0 Å². The standard InChI is InChI=1S/C45H36N5/c1-47-36-23-9-5-15-28(36)27-40(47)41-33-16-6-10-24-37(33)48(2)43(41)31-20-13-19-30-29(31)18-14-21-32(30)44-42(34-17-7-11-25-38(34)49(44)3)45-46-35-22-8-12-26-39(35)50(45)4/h5-27,42H,1-4H3/q+1/p+1. The van der Waals surface area contributed by atoms with E-state index in [1.165, 1.54) is 89.0 Å². The topological polar surface area (TPSA) is 32.5 Å². The fraction of sp³-hybridized carbons (Fsp3) is 0.111. The van der Waals surface area contributed by atoms with Crippen molar-refractivity contribution < 1.29 is 9.14 Å². The van der Waals surface area contributed by atoms with Crippen LogP contribution in [-0.4, -0.2) is 31.5 Å². The number of fused-ring (bicyclic) bond motifs is 5. The van der Waals surface area contributed by atoms with Crippen LogP contribution >= 0.6 is 0 Å². The maximum atomic E-state index is 3.83. The van der Waals surface area contributed by atoms with Crippen LogP contribution in [0, 0.1) is 0 Å². The molecule has 1 unspecified atom stereocenters. The smallest absolute Gasteiger partial charge is 0.273 e. The first kappa shape index (κ1) is 28.8. The summed E-state index contributed by atoms with van der Waals surface area (Å²) in [7, 11) is 8.82. The molecule has 1 atom stereocenters. The van der Waals surface area contributed by atoms with Gasteiger partial charge >= 0.3 is 0 Å². The number of aromatic nitrogens is 4. The molecule has 10 rings (SSSR count). The minimum absolute atomic E-state index is 0.0341. The van der Waals surface area contributed by atoms with Gasteiger partial charge in [0.25, 0.3) is 5.82 Å². The number of nitrogens with one attached hydrogen (secondary N) is 1. The maximum absolute atomic E-state index is 3.83. The van der Waals surface area contributed by atoms with Gasteiger partial charge in [-0.1, -0.05) is 97.1 Å². The Morgan fingerprint density at radius 1 is 0.600 bits per heavy atom. The third kappa shape index (κ3) is 3.89. The molecule has 0 fully saturated rings. The minimum atomic E-state index is 0.0341. The van der Waals surface area contributed by atoms with Crippen molar-refractivity contribution in [1.29, 1.82) is 0 Å². The SMILES string of the molecule is Cn1c(-c2c(-c3cccc4c(C5=[N+](C)c6ccccc6C5c5[nH]c6ccccc6[n+]5C)cccc34)n(C)c3ccccc23)cc2ccccc21. The van der Waals surface area contributed by atoms with Crippen LogP contribution in [0.15, 0.2) is 140 Å². The first-order valence-corrected chi connectivity index (χ1v) is 17.3. The Labute approximate surface area is 290 Å². The Bertz CT molecular complexity index is 2880. The number of hydrogen-bond acceptors (Lipinski definition) is 0. The Kier molecular flexibility index (Phi) is 6.13. The largest absolute Gasteiger partial charge is 0.344 e. The molecule has 9 aromatic rings. The molecule has 1 aliphatic rings. The number of H-pyrrole nitrogens is 1. The van der Waals surface area contributed by atoms with Gasteiger partial charge < -0.3 is 9.13 Å². The van der Waals surface area contributed by atoms with Crippen molar-refractivity contribution in [2.75, 3.05) is 7.05 Å². The van der Waals surface area contributed by atoms with Gasteiger partial charge in [0.1, 0.15) is 7.05 Å². The molecule has 0 amide bonds. The van der Waals surface area contributed by atoms with E-state index in [1.807, 2.05) is 0 Å². The summed E-state index contributed by atoms with van der Waals surface area (Å²) in [5.41, 5.74) is 14.8. The van der Waals surface area contributed by atoms with Gasteiger partial charge in [-0.05, 0) is 47.2 Å². The molecule has 0 aliphatic carbocycles. The second-order valence-corrected chi connectivity index (χ2v) is 13.7. The highest BCUT2D eigenvalue weighted by atomic mass is 15.1. The van der Waals surface area contributed by atoms with Gasteiger partial charge in [0.2, 0.25) is 11.4 Å². The third-order valence-electron chi connectivity index (χ3n) is 11.2. The zero-order chi connectivity index (χ0) is 33.7. The highest BCUT2D eigenvalue weighted by Gasteiger charge is 2.45. The zero-order valence-corrected chi connectivity index (χ0v) is 28.6. The van der Waals surface area contributed by atoms with Crippen LogP contribution in [0.1, 0.15) is 22.9 Å². The summed E-state index contributed by atoms with van der Waals surface area (Å²) in [5.74, 6) is 1.21. The van der Waals surface area contributed by atoms with Crippen LogP contribution in [0.4, 0.5) is 5.69 Å². The summed E-state index contributed by atoms with van der Waals surface area (Å²) in [6.45, 7) is 0.